The van der Waals surface area contributed by atoms with Gasteiger partial charge in [0.1, 0.15) is 0 Å². The number of hydrogen-bond donors (Lipinski definition) is 4. The van der Waals surface area contributed by atoms with Crippen molar-refractivity contribution in [1.29, 1.82) is 0 Å². The normalized spacial score (nSPS) is 11.5. The molecular weight excluding hydrogens is 259 g/mol. The Balaban J connectivity index is 2.67. The number of amides is 2. The molecule has 19 heavy (non-hydrogen) atoms. The molecule has 0 heterocycles. The number of aliphatic carboxylic acids is 1. The van der Waals surface area contributed by atoms with Gasteiger partial charge in [0.2, 0.25) is 0 Å². The van der Waals surface area contributed by atoms with Crippen molar-refractivity contribution in [1.82, 2.24) is 5.32 Å². The first-order valence-electron chi connectivity index (χ1n) is 5.22. The van der Waals surface area contributed by atoms with Crippen LogP contribution < -0.4 is 15.4 Å². The number of aliphatic hydroxyl groups excluding tert-OH is 1. The zero-order valence-electron chi connectivity index (χ0n) is 10.0. The number of rotatable bonds is 5. The molecule has 1 rings (SSSR count). The van der Waals surface area contributed by atoms with Crippen molar-refractivity contribution in [3.05, 3.63) is 24.0 Å². The summed E-state index contributed by atoms with van der Waals surface area (Å²) in [4.78, 5) is 22.0. The fourth-order valence-electron chi connectivity index (χ4n) is 1.26. The molecule has 0 bridgehead atoms. The third-order valence-electron chi connectivity index (χ3n) is 2.20. The SMILES string of the molecule is COc1ccc(NC(=O)NC(CO)C(=O)O)cc1F. The molecule has 0 spiro atoms. The number of aliphatic hydroxyl groups is 1. The second kappa shape index (κ2) is 6.55. The zero-order chi connectivity index (χ0) is 14.4. The quantitative estimate of drug-likeness (QED) is 0.620. The molecule has 2 amide bonds. The van der Waals surface area contributed by atoms with E-state index in [0.29, 0.717) is 0 Å². The minimum absolute atomic E-state index is 0.0183. The molecule has 1 aromatic carbocycles. The predicted octanol–water partition coefficient (Wildman–Crippen LogP) is 0.401. The molecule has 0 saturated carbocycles. The van der Waals surface area contributed by atoms with E-state index < -0.39 is 30.5 Å². The van der Waals surface area contributed by atoms with Gasteiger partial charge in [-0.15, -0.1) is 0 Å². The van der Waals surface area contributed by atoms with Gasteiger partial charge in [0.25, 0.3) is 0 Å². The van der Waals surface area contributed by atoms with Crippen LogP contribution in [0.2, 0.25) is 0 Å². The van der Waals surface area contributed by atoms with Gasteiger partial charge in [-0.1, -0.05) is 0 Å². The summed E-state index contributed by atoms with van der Waals surface area (Å²) in [5.41, 5.74) is 0.123. The van der Waals surface area contributed by atoms with Crippen LogP contribution >= 0.6 is 0 Å². The van der Waals surface area contributed by atoms with Crippen molar-refractivity contribution in [2.45, 2.75) is 6.04 Å². The van der Waals surface area contributed by atoms with Gasteiger partial charge in [-0.05, 0) is 12.1 Å². The smallest absolute Gasteiger partial charge is 0.328 e. The van der Waals surface area contributed by atoms with Crippen molar-refractivity contribution in [2.24, 2.45) is 0 Å². The highest BCUT2D eigenvalue weighted by Gasteiger charge is 2.18. The summed E-state index contributed by atoms with van der Waals surface area (Å²) in [6.45, 7) is -0.750. The van der Waals surface area contributed by atoms with Crippen LogP contribution in [0.1, 0.15) is 0 Å². The molecule has 0 fully saturated rings. The monoisotopic (exact) mass is 272 g/mol. The first kappa shape index (κ1) is 14.7. The number of carboxylic acid groups (broad SMARTS) is 1. The van der Waals surface area contributed by atoms with Gasteiger partial charge in [-0.2, -0.15) is 0 Å². The Hall–Kier alpha value is -2.35. The van der Waals surface area contributed by atoms with Crippen LogP contribution in [0.25, 0.3) is 0 Å². The Morgan fingerprint density at radius 1 is 1.47 bits per heavy atom. The van der Waals surface area contributed by atoms with Crippen LogP contribution in [0.4, 0.5) is 14.9 Å². The number of nitrogens with one attached hydrogen (secondary N) is 2. The molecule has 0 aliphatic rings. The van der Waals surface area contributed by atoms with Gasteiger partial charge in [-0.3, -0.25) is 0 Å². The first-order chi connectivity index (χ1) is 8.97. The molecule has 104 valence electrons. The van der Waals surface area contributed by atoms with E-state index in [1.165, 1.54) is 19.2 Å². The maximum Gasteiger partial charge on any atom is 0.328 e. The summed E-state index contributed by atoms with van der Waals surface area (Å²) < 4.78 is 18.0. The van der Waals surface area contributed by atoms with E-state index in [1.807, 2.05) is 5.32 Å². The van der Waals surface area contributed by atoms with Crippen LogP contribution in [0, 0.1) is 5.82 Å². The first-order valence-corrected chi connectivity index (χ1v) is 5.22. The summed E-state index contributed by atoms with van der Waals surface area (Å²) in [5.74, 6) is -2.03. The molecule has 1 atom stereocenters. The lowest BCUT2D eigenvalue weighted by molar-refractivity contribution is -0.140. The molecule has 1 aromatic rings. The van der Waals surface area contributed by atoms with Crippen LogP contribution in [0.5, 0.6) is 5.75 Å². The van der Waals surface area contributed by atoms with Gasteiger partial charge in [0.05, 0.1) is 13.7 Å². The van der Waals surface area contributed by atoms with Crippen molar-refractivity contribution in [2.75, 3.05) is 19.0 Å². The van der Waals surface area contributed by atoms with Crippen LogP contribution in [-0.4, -0.2) is 42.0 Å². The minimum atomic E-state index is -1.43. The highest BCUT2D eigenvalue weighted by atomic mass is 19.1. The Bertz CT molecular complexity index is 480. The lowest BCUT2D eigenvalue weighted by Crippen LogP contribution is -2.45. The molecule has 7 nitrogen and oxygen atoms in total. The number of carbonyl (C=O) groups excluding carboxylic acids is 1. The van der Waals surface area contributed by atoms with Gasteiger partial charge in [0.15, 0.2) is 17.6 Å². The Kier molecular flexibility index (Phi) is 5.07. The van der Waals surface area contributed by atoms with Crippen molar-refractivity contribution >= 4 is 17.7 Å². The van der Waals surface area contributed by atoms with E-state index in [0.717, 1.165) is 6.07 Å². The van der Waals surface area contributed by atoms with E-state index in [4.69, 9.17) is 14.9 Å². The van der Waals surface area contributed by atoms with Crippen molar-refractivity contribution < 1.29 is 28.9 Å². The number of hydrogen-bond acceptors (Lipinski definition) is 4. The number of methoxy groups -OCH3 is 1. The molecule has 0 saturated heterocycles. The third-order valence-corrected chi connectivity index (χ3v) is 2.20. The number of halogens is 1. The number of urea groups is 1. The second-order valence-corrected chi connectivity index (χ2v) is 3.52. The van der Waals surface area contributed by atoms with Crippen molar-refractivity contribution in [3.63, 3.8) is 0 Å². The summed E-state index contributed by atoms with van der Waals surface area (Å²) >= 11 is 0. The minimum Gasteiger partial charge on any atom is -0.494 e. The topological polar surface area (TPSA) is 108 Å². The zero-order valence-corrected chi connectivity index (χ0v) is 10.0. The number of benzene rings is 1. The standard InChI is InChI=1S/C11H13FN2O5/c1-19-9-3-2-6(4-7(9)12)13-11(18)14-8(5-15)10(16)17/h2-4,8,15H,5H2,1H3,(H,16,17)(H2,13,14,18). The number of carboxylic acids is 1. The number of carbonyl (C=O) groups is 2. The maximum absolute atomic E-state index is 13.3. The number of anilines is 1. The van der Waals surface area contributed by atoms with Crippen LogP contribution in [0.3, 0.4) is 0 Å². The van der Waals surface area contributed by atoms with E-state index in [9.17, 15) is 14.0 Å². The molecule has 8 heteroatoms. The molecular formula is C11H13FN2O5. The van der Waals surface area contributed by atoms with E-state index >= 15 is 0 Å². The molecule has 4 N–H and O–H groups in total. The molecule has 0 aliphatic carbocycles. The molecule has 0 aliphatic heterocycles. The third kappa shape index (κ3) is 4.11. The molecule has 0 aromatic heterocycles. The highest BCUT2D eigenvalue weighted by molar-refractivity contribution is 5.92. The lowest BCUT2D eigenvalue weighted by Gasteiger charge is -2.13. The average molecular weight is 272 g/mol. The predicted molar refractivity (Wildman–Crippen MR) is 63.6 cm³/mol. The van der Waals surface area contributed by atoms with Crippen LogP contribution in [-0.2, 0) is 4.79 Å². The highest BCUT2D eigenvalue weighted by Crippen LogP contribution is 2.20. The number of ether oxygens (including phenoxy) is 1. The lowest BCUT2D eigenvalue weighted by atomic mass is 10.3. The van der Waals surface area contributed by atoms with Gasteiger partial charge >= 0.3 is 12.0 Å². The molecule has 1 unspecified atom stereocenters. The second-order valence-electron chi connectivity index (χ2n) is 3.52. The van der Waals surface area contributed by atoms with E-state index in [-0.39, 0.29) is 11.4 Å². The Morgan fingerprint density at radius 2 is 2.16 bits per heavy atom. The largest absolute Gasteiger partial charge is 0.494 e. The summed E-state index contributed by atoms with van der Waals surface area (Å²) in [7, 11) is 1.30. The summed E-state index contributed by atoms with van der Waals surface area (Å²) in [6, 6.07) is 1.42. The summed E-state index contributed by atoms with van der Waals surface area (Å²) in [5, 5.41) is 21.6. The Morgan fingerprint density at radius 3 is 2.63 bits per heavy atom. The average Bonchev–Trinajstić information content (AvgIpc) is 2.35. The molecule has 0 radical (unpaired) electrons. The van der Waals surface area contributed by atoms with E-state index in [1.54, 1.807) is 0 Å². The van der Waals surface area contributed by atoms with Crippen molar-refractivity contribution in [3.8, 4) is 5.75 Å². The fraction of sp³-hybridized carbons (Fsp3) is 0.273. The fourth-order valence-corrected chi connectivity index (χ4v) is 1.26. The summed E-state index contributed by atoms with van der Waals surface area (Å²) in [6.07, 6.45) is 0. The van der Waals surface area contributed by atoms with Crippen LogP contribution in [0.15, 0.2) is 18.2 Å². The van der Waals surface area contributed by atoms with Gasteiger partial charge in [0, 0.05) is 11.8 Å². The maximum atomic E-state index is 13.3. The van der Waals surface area contributed by atoms with Gasteiger partial charge in [-0.25, -0.2) is 14.0 Å². The Labute approximate surface area is 108 Å². The van der Waals surface area contributed by atoms with E-state index in [2.05, 4.69) is 5.32 Å². The van der Waals surface area contributed by atoms with Gasteiger partial charge < -0.3 is 25.6 Å².